The summed E-state index contributed by atoms with van der Waals surface area (Å²) in [7, 11) is 2.80. The van der Waals surface area contributed by atoms with Crippen LogP contribution in [0.25, 0.3) is 4.85 Å². The highest BCUT2D eigenvalue weighted by Gasteiger charge is 2.25. The summed E-state index contributed by atoms with van der Waals surface area (Å²) in [6, 6.07) is 3.31. The molecule has 5 nitrogen and oxygen atoms in total. The van der Waals surface area contributed by atoms with E-state index in [0.717, 1.165) is 0 Å². The molecule has 0 aliphatic rings. The number of hydrogen-bond acceptors (Lipinski definition) is 4. The van der Waals surface area contributed by atoms with Crippen molar-refractivity contribution in [1.82, 2.24) is 4.98 Å². The van der Waals surface area contributed by atoms with Crippen LogP contribution < -0.4 is 4.74 Å². The number of carbonyl (C=O) groups is 1. The molecule has 1 aromatic heterocycles. The first-order valence-electron chi connectivity index (χ1n) is 4.64. The van der Waals surface area contributed by atoms with E-state index in [1.54, 1.807) is 12.1 Å². The maximum atomic E-state index is 11.5. The van der Waals surface area contributed by atoms with Gasteiger partial charge in [0, 0.05) is 12.3 Å². The van der Waals surface area contributed by atoms with Crippen molar-refractivity contribution in [2.24, 2.45) is 0 Å². The Morgan fingerprint density at radius 3 is 2.94 bits per heavy atom. The predicted octanol–water partition coefficient (Wildman–Crippen LogP) is 1.27. The minimum Gasteiger partial charge on any atom is -0.481 e. The largest absolute Gasteiger partial charge is 0.481 e. The van der Waals surface area contributed by atoms with Gasteiger partial charge in [-0.3, -0.25) is 4.79 Å². The Balaban J connectivity index is 3.01. The first kappa shape index (κ1) is 12.0. The fourth-order valence-corrected chi connectivity index (χ4v) is 1.30. The standard InChI is InChI=1S/C11H12N2O3/c1-12-7-9(11(14)16-3)8-4-5-13-10(6-8)15-2/h4-6,9H,7H2,2-3H3. The Bertz CT molecular complexity index is 412. The molecule has 1 unspecified atom stereocenters. The lowest BCUT2D eigenvalue weighted by atomic mass is 10.0. The number of pyridine rings is 1. The fraction of sp³-hybridized carbons (Fsp3) is 0.364. The summed E-state index contributed by atoms with van der Waals surface area (Å²) in [4.78, 5) is 18.6. The lowest BCUT2D eigenvalue weighted by Crippen LogP contribution is -2.16. The molecule has 1 heterocycles. The molecule has 0 saturated heterocycles. The molecular weight excluding hydrogens is 208 g/mol. The molecule has 0 amide bonds. The first-order chi connectivity index (χ1) is 7.72. The lowest BCUT2D eigenvalue weighted by Gasteiger charge is -2.09. The molecule has 16 heavy (non-hydrogen) atoms. The van der Waals surface area contributed by atoms with Crippen LogP contribution in [0.4, 0.5) is 0 Å². The van der Waals surface area contributed by atoms with E-state index in [1.165, 1.54) is 20.4 Å². The second-order valence-electron chi connectivity index (χ2n) is 3.05. The Morgan fingerprint density at radius 1 is 1.62 bits per heavy atom. The van der Waals surface area contributed by atoms with E-state index in [2.05, 4.69) is 14.6 Å². The Labute approximate surface area is 93.8 Å². The number of methoxy groups -OCH3 is 2. The normalized spacial score (nSPS) is 11.3. The molecule has 1 atom stereocenters. The van der Waals surface area contributed by atoms with E-state index in [9.17, 15) is 4.79 Å². The van der Waals surface area contributed by atoms with E-state index in [4.69, 9.17) is 11.3 Å². The van der Waals surface area contributed by atoms with Crippen LogP contribution >= 0.6 is 0 Å². The van der Waals surface area contributed by atoms with E-state index in [-0.39, 0.29) is 6.54 Å². The van der Waals surface area contributed by atoms with Gasteiger partial charge in [0.25, 0.3) is 0 Å². The van der Waals surface area contributed by atoms with Crippen molar-refractivity contribution in [3.63, 3.8) is 0 Å². The van der Waals surface area contributed by atoms with Gasteiger partial charge in [-0.1, -0.05) is 0 Å². The minimum absolute atomic E-state index is 0.0554. The van der Waals surface area contributed by atoms with Crippen LogP contribution in [0.5, 0.6) is 5.88 Å². The van der Waals surface area contributed by atoms with Crippen molar-refractivity contribution >= 4 is 5.97 Å². The van der Waals surface area contributed by atoms with Crippen molar-refractivity contribution in [3.8, 4) is 5.88 Å². The van der Waals surface area contributed by atoms with Crippen molar-refractivity contribution in [2.45, 2.75) is 5.92 Å². The van der Waals surface area contributed by atoms with E-state index in [1.807, 2.05) is 0 Å². The average Bonchev–Trinajstić information content (AvgIpc) is 2.35. The molecule has 0 aliphatic heterocycles. The van der Waals surface area contributed by atoms with E-state index >= 15 is 0 Å². The van der Waals surface area contributed by atoms with Gasteiger partial charge in [0.15, 0.2) is 5.92 Å². The quantitative estimate of drug-likeness (QED) is 0.566. The lowest BCUT2D eigenvalue weighted by molar-refractivity contribution is -0.142. The SMILES string of the molecule is [C-]#[N+]CC(C(=O)OC)c1ccnc(OC)c1. The van der Waals surface area contributed by atoms with Gasteiger partial charge < -0.3 is 14.3 Å². The summed E-state index contributed by atoms with van der Waals surface area (Å²) in [5.41, 5.74) is 0.676. The van der Waals surface area contributed by atoms with Crippen molar-refractivity contribution in [2.75, 3.05) is 20.8 Å². The van der Waals surface area contributed by atoms with Gasteiger partial charge in [0.05, 0.1) is 14.2 Å². The third kappa shape index (κ3) is 2.70. The number of carbonyl (C=O) groups excluding carboxylic acids is 1. The van der Waals surface area contributed by atoms with Gasteiger partial charge in [0.1, 0.15) is 0 Å². The predicted molar refractivity (Wildman–Crippen MR) is 57.0 cm³/mol. The zero-order chi connectivity index (χ0) is 12.0. The highest BCUT2D eigenvalue weighted by molar-refractivity contribution is 5.78. The molecule has 0 bridgehead atoms. The molecular formula is C11H12N2O3. The summed E-state index contributed by atoms with van der Waals surface area (Å²) < 4.78 is 9.61. The maximum absolute atomic E-state index is 11.5. The number of nitrogens with zero attached hydrogens (tertiary/aromatic N) is 2. The van der Waals surface area contributed by atoms with Crippen LogP contribution in [-0.4, -0.2) is 31.7 Å². The molecule has 0 radical (unpaired) electrons. The van der Waals surface area contributed by atoms with Crippen LogP contribution in [0.2, 0.25) is 0 Å². The summed E-state index contributed by atoms with van der Waals surface area (Å²) in [6.45, 7) is 6.88. The monoisotopic (exact) mass is 220 g/mol. The molecule has 84 valence electrons. The molecule has 1 aromatic rings. The first-order valence-corrected chi connectivity index (χ1v) is 4.64. The number of ether oxygens (including phenoxy) is 2. The highest BCUT2D eigenvalue weighted by Crippen LogP contribution is 2.20. The molecule has 0 aliphatic carbocycles. The molecule has 0 aromatic carbocycles. The zero-order valence-corrected chi connectivity index (χ0v) is 9.14. The van der Waals surface area contributed by atoms with Crippen molar-refractivity contribution < 1.29 is 14.3 Å². The topological polar surface area (TPSA) is 52.8 Å². The summed E-state index contributed by atoms with van der Waals surface area (Å²) in [5, 5.41) is 0. The average molecular weight is 220 g/mol. The van der Waals surface area contributed by atoms with Crippen LogP contribution in [0.1, 0.15) is 11.5 Å². The second kappa shape index (κ2) is 5.71. The van der Waals surface area contributed by atoms with E-state index in [0.29, 0.717) is 11.4 Å². The molecule has 0 fully saturated rings. The van der Waals surface area contributed by atoms with Crippen LogP contribution in [-0.2, 0) is 9.53 Å². The summed E-state index contributed by atoms with van der Waals surface area (Å²) in [6.07, 6.45) is 1.54. The van der Waals surface area contributed by atoms with Gasteiger partial charge in [-0.15, -0.1) is 0 Å². The number of aromatic nitrogens is 1. The van der Waals surface area contributed by atoms with Gasteiger partial charge in [0.2, 0.25) is 12.4 Å². The van der Waals surface area contributed by atoms with Gasteiger partial charge in [-0.25, -0.2) is 11.6 Å². The summed E-state index contributed by atoms with van der Waals surface area (Å²) in [5.74, 6) is -0.597. The van der Waals surface area contributed by atoms with Crippen LogP contribution in [0.15, 0.2) is 18.3 Å². The summed E-state index contributed by atoms with van der Waals surface area (Å²) >= 11 is 0. The molecule has 5 heteroatoms. The van der Waals surface area contributed by atoms with Crippen LogP contribution in [0, 0.1) is 6.57 Å². The van der Waals surface area contributed by atoms with Crippen molar-refractivity contribution in [3.05, 3.63) is 35.3 Å². The van der Waals surface area contributed by atoms with Gasteiger partial charge >= 0.3 is 5.97 Å². The second-order valence-corrected chi connectivity index (χ2v) is 3.05. The third-order valence-corrected chi connectivity index (χ3v) is 2.13. The van der Waals surface area contributed by atoms with Crippen LogP contribution in [0.3, 0.4) is 0 Å². The number of rotatable bonds is 4. The number of esters is 1. The van der Waals surface area contributed by atoms with Gasteiger partial charge in [-0.05, 0) is 11.6 Å². The molecule has 1 rings (SSSR count). The van der Waals surface area contributed by atoms with Crippen molar-refractivity contribution in [1.29, 1.82) is 0 Å². The fourth-order valence-electron chi connectivity index (χ4n) is 1.30. The third-order valence-electron chi connectivity index (χ3n) is 2.13. The smallest absolute Gasteiger partial charge is 0.320 e. The Kier molecular flexibility index (Phi) is 4.28. The Morgan fingerprint density at radius 2 is 2.38 bits per heavy atom. The zero-order valence-electron chi connectivity index (χ0n) is 9.14. The Hall–Kier alpha value is -2.09. The highest BCUT2D eigenvalue weighted by atomic mass is 16.5. The molecule has 0 spiro atoms. The number of hydrogen-bond donors (Lipinski definition) is 0. The van der Waals surface area contributed by atoms with E-state index < -0.39 is 11.9 Å². The molecule has 0 saturated carbocycles. The molecule has 0 N–H and O–H groups in total. The maximum Gasteiger partial charge on any atom is 0.320 e. The minimum atomic E-state index is -0.584. The van der Waals surface area contributed by atoms with Gasteiger partial charge in [-0.2, -0.15) is 0 Å².